The number of ether oxygens (including phenoxy) is 2. The second-order valence-corrected chi connectivity index (χ2v) is 14.9. The van der Waals surface area contributed by atoms with E-state index in [0.717, 1.165) is 70.6 Å². The second-order valence-electron chi connectivity index (χ2n) is 12.2. The fourth-order valence-electron chi connectivity index (χ4n) is 8.05. The van der Waals surface area contributed by atoms with Crippen molar-refractivity contribution in [2.24, 2.45) is 35.0 Å². The van der Waals surface area contributed by atoms with E-state index in [1.165, 1.54) is 12.8 Å². The monoisotopic (exact) mass is 612 g/mol. The van der Waals surface area contributed by atoms with E-state index in [4.69, 9.17) is 55.9 Å². The molecule has 4 fully saturated rings. The van der Waals surface area contributed by atoms with Gasteiger partial charge in [0.15, 0.2) is 20.2 Å². The van der Waals surface area contributed by atoms with Gasteiger partial charge < -0.3 is 9.47 Å². The van der Waals surface area contributed by atoms with Crippen molar-refractivity contribution in [1.29, 1.82) is 0 Å². The number of hydrogen-bond donors (Lipinski definition) is 0. The van der Waals surface area contributed by atoms with Crippen LogP contribution in [0.15, 0.2) is 0 Å². The van der Waals surface area contributed by atoms with E-state index in [-0.39, 0.29) is 34.7 Å². The van der Waals surface area contributed by atoms with Crippen molar-refractivity contribution in [3.63, 3.8) is 0 Å². The molecule has 220 valence electrons. The molecule has 0 aliphatic heterocycles. The largest absolute Gasteiger partial charge is 0.381 e. The highest BCUT2D eigenvalue weighted by atomic mass is 35.5. The van der Waals surface area contributed by atoms with E-state index >= 15 is 0 Å². The highest BCUT2D eigenvalue weighted by molar-refractivity contribution is 6.61. The lowest BCUT2D eigenvalue weighted by atomic mass is 9.53. The summed E-state index contributed by atoms with van der Waals surface area (Å²) in [5.41, 5.74) is -0.181. The molecular weight excluding hydrogens is 566 g/mol. The van der Waals surface area contributed by atoms with Crippen LogP contribution in [0.25, 0.3) is 0 Å². The zero-order valence-corrected chi connectivity index (χ0v) is 26.9. The fourth-order valence-corrected chi connectivity index (χ4v) is 10.1. The van der Waals surface area contributed by atoms with Crippen LogP contribution in [0.2, 0.25) is 0 Å². The highest BCUT2D eigenvalue weighted by Crippen LogP contribution is 2.69. The SMILES string of the molecule is CCC(CCC(C)C12CCCC1C(=O)C2(Cl)Cl)OC.CCC(CCCCC1CCC2C(=O)C(Cl)(Cl)C12)OC. The predicted octanol–water partition coefficient (Wildman–Crippen LogP) is 8.74. The molecule has 0 heterocycles. The van der Waals surface area contributed by atoms with Gasteiger partial charge in [0.2, 0.25) is 0 Å². The van der Waals surface area contributed by atoms with Gasteiger partial charge in [-0.1, -0.05) is 92.9 Å². The van der Waals surface area contributed by atoms with Crippen LogP contribution < -0.4 is 0 Å². The number of rotatable bonds is 13. The first-order chi connectivity index (χ1) is 17.9. The summed E-state index contributed by atoms with van der Waals surface area (Å²) in [5, 5.41) is 0. The Morgan fingerprint density at radius 3 is 2.11 bits per heavy atom. The molecule has 0 N–H and O–H groups in total. The number of methoxy groups -OCH3 is 2. The van der Waals surface area contributed by atoms with Crippen LogP contribution >= 0.6 is 46.4 Å². The van der Waals surface area contributed by atoms with Crippen molar-refractivity contribution >= 4 is 58.0 Å². The van der Waals surface area contributed by atoms with Crippen molar-refractivity contribution in [3.05, 3.63) is 0 Å². The molecule has 8 unspecified atom stereocenters. The van der Waals surface area contributed by atoms with Crippen LogP contribution in [-0.4, -0.2) is 46.7 Å². The molecule has 0 spiro atoms. The number of alkyl halides is 4. The lowest BCUT2D eigenvalue weighted by molar-refractivity contribution is -0.147. The van der Waals surface area contributed by atoms with E-state index in [9.17, 15) is 9.59 Å². The molecule has 0 radical (unpaired) electrons. The zero-order valence-electron chi connectivity index (χ0n) is 23.9. The Balaban J connectivity index is 0.000000211. The Bertz CT molecular complexity index is 810. The first-order valence-electron chi connectivity index (χ1n) is 14.8. The number of hydrogen-bond acceptors (Lipinski definition) is 4. The molecule has 8 atom stereocenters. The minimum absolute atomic E-state index is 0.0546. The molecule has 8 heteroatoms. The Labute approximate surface area is 250 Å². The Morgan fingerprint density at radius 2 is 1.50 bits per heavy atom. The molecule has 0 bridgehead atoms. The van der Waals surface area contributed by atoms with Gasteiger partial charge in [-0.2, -0.15) is 0 Å². The van der Waals surface area contributed by atoms with Gasteiger partial charge in [-0.15, -0.1) is 0 Å². The Kier molecular flexibility index (Phi) is 11.8. The zero-order chi connectivity index (χ0) is 28.3. The minimum atomic E-state index is -1.15. The number of carbonyl (C=O) groups excluding carboxylic acids is 2. The quantitative estimate of drug-likeness (QED) is 0.154. The van der Waals surface area contributed by atoms with Crippen LogP contribution in [-0.2, 0) is 19.1 Å². The minimum Gasteiger partial charge on any atom is -0.381 e. The van der Waals surface area contributed by atoms with Gasteiger partial charge in [0, 0.05) is 37.4 Å². The molecule has 0 aromatic rings. The summed E-state index contributed by atoms with van der Waals surface area (Å²) in [6.07, 6.45) is 14.6. The van der Waals surface area contributed by atoms with Crippen molar-refractivity contribution in [1.82, 2.24) is 0 Å². The number of carbonyl (C=O) groups is 2. The third-order valence-electron chi connectivity index (χ3n) is 10.5. The maximum absolute atomic E-state index is 12.0. The fraction of sp³-hybridized carbons (Fsp3) is 0.933. The van der Waals surface area contributed by atoms with E-state index < -0.39 is 8.67 Å². The number of halogens is 4. The van der Waals surface area contributed by atoms with E-state index in [2.05, 4.69) is 20.8 Å². The highest BCUT2D eigenvalue weighted by Gasteiger charge is 2.74. The average molecular weight is 615 g/mol. The smallest absolute Gasteiger partial charge is 0.182 e. The second kappa shape index (κ2) is 13.6. The van der Waals surface area contributed by atoms with Gasteiger partial charge in [0.1, 0.15) is 0 Å². The lowest BCUT2D eigenvalue weighted by Crippen LogP contribution is -2.65. The number of fused-ring (bicyclic) bond motifs is 2. The summed E-state index contributed by atoms with van der Waals surface area (Å²) in [6.45, 7) is 6.49. The molecule has 4 aliphatic carbocycles. The van der Waals surface area contributed by atoms with Crippen LogP contribution in [0.4, 0.5) is 0 Å². The van der Waals surface area contributed by atoms with Crippen LogP contribution in [0.3, 0.4) is 0 Å². The van der Waals surface area contributed by atoms with E-state index in [0.29, 0.717) is 24.0 Å². The van der Waals surface area contributed by atoms with Crippen molar-refractivity contribution in [2.45, 2.75) is 125 Å². The first kappa shape index (κ1) is 32.9. The number of unbranched alkanes of at least 4 members (excludes halogenated alkanes) is 1. The molecule has 0 aromatic heterocycles. The van der Waals surface area contributed by atoms with Crippen molar-refractivity contribution < 1.29 is 19.1 Å². The van der Waals surface area contributed by atoms with Gasteiger partial charge in [0.25, 0.3) is 0 Å². The Hall–Kier alpha value is 0.420. The van der Waals surface area contributed by atoms with Gasteiger partial charge in [-0.05, 0) is 69.6 Å². The third-order valence-corrected chi connectivity index (χ3v) is 12.5. The third kappa shape index (κ3) is 5.98. The summed E-state index contributed by atoms with van der Waals surface area (Å²) < 4.78 is 8.58. The summed E-state index contributed by atoms with van der Waals surface area (Å²) in [5.74, 6) is 1.50. The van der Waals surface area contributed by atoms with Crippen LogP contribution in [0, 0.1) is 35.0 Å². The standard InChI is InChI=1S/2C15H24Cl2O2/c1-4-11(19-3)8-7-10(2)14-9-5-6-12(14)13(18)15(14,16)17;1-3-11(19-2)7-5-4-6-10-8-9-12-13(10)15(16,17)14(12)18/h10-12H,4-9H2,1-3H3;10-13H,3-9H2,1-2H3. The molecule has 38 heavy (non-hydrogen) atoms. The summed E-state index contributed by atoms with van der Waals surface area (Å²) in [7, 11) is 3.54. The summed E-state index contributed by atoms with van der Waals surface area (Å²) >= 11 is 25.1. The first-order valence-corrected chi connectivity index (χ1v) is 16.3. The predicted molar refractivity (Wildman–Crippen MR) is 157 cm³/mol. The van der Waals surface area contributed by atoms with E-state index in [1.807, 2.05) is 0 Å². The van der Waals surface area contributed by atoms with Crippen molar-refractivity contribution in [3.8, 4) is 0 Å². The molecule has 0 aromatic carbocycles. The lowest BCUT2D eigenvalue weighted by Gasteiger charge is -2.57. The summed E-state index contributed by atoms with van der Waals surface area (Å²) in [4.78, 5) is 23.8. The molecular formula is C30H48Cl4O4. The maximum Gasteiger partial charge on any atom is 0.182 e. The van der Waals surface area contributed by atoms with Gasteiger partial charge in [-0.3, -0.25) is 9.59 Å². The van der Waals surface area contributed by atoms with Gasteiger partial charge in [-0.25, -0.2) is 0 Å². The molecule has 4 saturated carbocycles. The van der Waals surface area contributed by atoms with Crippen LogP contribution in [0.5, 0.6) is 0 Å². The number of Topliss-reactive ketones (excluding diaryl/α,β-unsaturated/α-hetero) is 2. The summed E-state index contributed by atoms with van der Waals surface area (Å²) in [6, 6.07) is 0. The maximum atomic E-state index is 12.0. The number of ketones is 2. The molecule has 0 amide bonds. The van der Waals surface area contributed by atoms with Crippen LogP contribution in [0.1, 0.15) is 104 Å². The molecule has 0 saturated heterocycles. The average Bonchev–Trinajstić information content (AvgIpc) is 3.52. The topological polar surface area (TPSA) is 52.6 Å². The molecule has 4 aliphatic rings. The van der Waals surface area contributed by atoms with Gasteiger partial charge in [0.05, 0.1) is 12.2 Å². The van der Waals surface area contributed by atoms with Crippen molar-refractivity contribution in [2.75, 3.05) is 14.2 Å². The molecule has 4 rings (SSSR count). The molecule has 4 nitrogen and oxygen atoms in total. The van der Waals surface area contributed by atoms with E-state index in [1.54, 1.807) is 14.2 Å². The normalized spacial score (nSPS) is 34.8. The van der Waals surface area contributed by atoms with Gasteiger partial charge >= 0.3 is 0 Å². The Morgan fingerprint density at radius 1 is 0.868 bits per heavy atom.